The Labute approximate surface area is 212 Å². The van der Waals surface area contributed by atoms with E-state index in [1.165, 1.54) is 50.0 Å². The Morgan fingerprint density at radius 2 is 1.74 bits per heavy atom. The van der Waals surface area contributed by atoms with Crippen molar-refractivity contribution in [3.63, 3.8) is 0 Å². The maximum atomic E-state index is 13.0. The van der Waals surface area contributed by atoms with Crippen molar-refractivity contribution in [1.29, 1.82) is 0 Å². The highest BCUT2D eigenvalue weighted by Crippen LogP contribution is 2.36. The number of hydrogen-bond acceptors (Lipinski definition) is 5. The van der Waals surface area contributed by atoms with Crippen LogP contribution in [0.5, 0.6) is 0 Å². The molecule has 0 aromatic heterocycles. The molecular weight excluding hydrogens is 461 g/mol. The topological polar surface area (TPSA) is 44.8 Å². The van der Waals surface area contributed by atoms with Gasteiger partial charge in [0.25, 0.3) is 0 Å². The number of likely N-dealkylation sites (tertiary alicyclic amines) is 1. The molecule has 35 heavy (non-hydrogen) atoms. The maximum absolute atomic E-state index is 13.0. The van der Waals surface area contributed by atoms with Crippen LogP contribution in [0.2, 0.25) is 0 Å². The lowest BCUT2D eigenvalue weighted by molar-refractivity contribution is -0.118. The van der Waals surface area contributed by atoms with E-state index in [9.17, 15) is 9.18 Å². The Morgan fingerprint density at radius 3 is 2.46 bits per heavy atom. The number of nitrogens with one attached hydrogen (secondary N) is 1. The smallest absolute Gasteiger partial charge is 0.230 e. The van der Waals surface area contributed by atoms with Crippen molar-refractivity contribution < 1.29 is 13.9 Å². The van der Waals surface area contributed by atoms with E-state index in [2.05, 4.69) is 46.4 Å². The summed E-state index contributed by atoms with van der Waals surface area (Å²) in [6.45, 7) is 5.97. The van der Waals surface area contributed by atoms with Crippen molar-refractivity contribution >= 4 is 17.7 Å². The molecule has 5 nitrogen and oxygen atoms in total. The molecule has 2 aromatic carbocycles. The number of nitrogens with zero attached hydrogens (tertiary/aromatic N) is 2. The molecule has 0 spiro atoms. The fourth-order valence-electron chi connectivity index (χ4n) is 4.65. The summed E-state index contributed by atoms with van der Waals surface area (Å²) in [5.74, 6) is 1.80. The summed E-state index contributed by atoms with van der Waals surface area (Å²) in [7, 11) is 2.06. The van der Waals surface area contributed by atoms with Crippen LogP contribution in [0.1, 0.15) is 49.1 Å². The molecule has 7 heteroatoms. The molecule has 1 N–H and O–H groups in total. The minimum absolute atomic E-state index is 0.0118. The van der Waals surface area contributed by atoms with Crippen LogP contribution < -0.4 is 5.32 Å². The Balaban J connectivity index is 1.19. The molecule has 1 atom stereocenters. The number of halogens is 1. The minimum Gasteiger partial charge on any atom is -0.469 e. The van der Waals surface area contributed by atoms with Crippen molar-refractivity contribution in [3.05, 3.63) is 82.5 Å². The number of rotatable bonds is 10. The summed E-state index contributed by atoms with van der Waals surface area (Å²) in [5.41, 5.74) is 4.63. The van der Waals surface area contributed by atoms with Crippen LogP contribution in [0.25, 0.3) is 0 Å². The van der Waals surface area contributed by atoms with E-state index in [-0.39, 0.29) is 18.0 Å². The molecule has 0 bridgehead atoms. The number of benzene rings is 2. The zero-order valence-electron chi connectivity index (χ0n) is 20.8. The molecule has 0 aliphatic carbocycles. The van der Waals surface area contributed by atoms with E-state index in [0.717, 1.165) is 34.9 Å². The van der Waals surface area contributed by atoms with Crippen LogP contribution in [-0.4, -0.2) is 53.9 Å². The van der Waals surface area contributed by atoms with Crippen molar-refractivity contribution in [2.45, 2.75) is 45.4 Å². The molecule has 188 valence electrons. The number of thioether (sulfide) groups is 1. The van der Waals surface area contributed by atoms with Crippen molar-refractivity contribution in [3.8, 4) is 0 Å². The average molecular weight is 498 g/mol. The van der Waals surface area contributed by atoms with Crippen LogP contribution >= 0.6 is 11.8 Å². The zero-order chi connectivity index (χ0) is 24.6. The van der Waals surface area contributed by atoms with Gasteiger partial charge in [0.1, 0.15) is 11.6 Å². The lowest BCUT2D eigenvalue weighted by atomic mass is 10.1. The number of carbonyl (C=O) groups is 1. The van der Waals surface area contributed by atoms with Gasteiger partial charge in [-0.3, -0.25) is 9.69 Å². The molecule has 2 heterocycles. The molecule has 0 saturated carbocycles. The SMILES string of the molecule is CC1=C(CSCC(=O)NCCc2ccc(F)cc2)N(C)C(c2ccc(CN3CCCCC3)cc2)O1. The van der Waals surface area contributed by atoms with E-state index in [1.807, 2.05) is 6.92 Å². The molecule has 1 fully saturated rings. The summed E-state index contributed by atoms with van der Waals surface area (Å²) < 4.78 is 19.2. The largest absolute Gasteiger partial charge is 0.469 e. The molecule has 2 aromatic rings. The van der Waals surface area contributed by atoms with Gasteiger partial charge in [0.2, 0.25) is 5.91 Å². The summed E-state index contributed by atoms with van der Waals surface area (Å²) in [5, 5.41) is 2.94. The number of carbonyl (C=O) groups excluding carboxylic acids is 1. The lowest BCUT2D eigenvalue weighted by Gasteiger charge is -2.27. The normalized spacial score (nSPS) is 18.6. The number of hydrogen-bond donors (Lipinski definition) is 1. The molecule has 2 aliphatic heterocycles. The molecular formula is C28H36FN3O2S. The highest BCUT2D eigenvalue weighted by atomic mass is 32.2. The molecule has 1 unspecified atom stereocenters. The second kappa shape index (κ2) is 12.5. The Morgan fingerprint density at radius 1 is 1.06 bits per heavy atom. The van der Waals surface area contributed by atoms with E-state index < -0.39 is 0 Å². The Kier molecular flexibility index (Phi) is 9.10. The third-order valence-corrected chi connectivity index (χ3v) is 7.66. The monoisotopic (exact) mass is 497 g/mol. The van der Waals surface area contributed by atoms with Crippen LogP contribution in [0, 0.1) is 5.82 Å². The van der Waals surface area contributed by atoms with Gasteiger partial charge in [-0.15, -0.1) is 11.8 Å². The first-order valence-corrected chi connectivity index (χ1v) is 13.6. The number of allylic oxidation sites excluding steroid dienone is 1. The van der Waals surface area contributed by atoms with Crippen molar-refractivity contribution in [1.82, 2.24) is 15.1 Å². The minimum atomic E-state index is -0.244. The molecule has 0 radical (unpaired) electrons. The highest BCUT2D eigenvalue weighted by molar-refractivity contribution is 8.00. The van der Waals surface area contributed by atoms with E-state index >= 15 is 0 Å². The number of piperidine rings is 1. The summed E-state index contributed by atoms with van der Waals surface area (Å²) in [6, 6.07) is 15.2. The van der Waals surface area contributed by atoms with Crippen LogP contribution in [0.4, 0.5) is 4.39 Å². The second-order valence-corrected chi connectivity index (χ2v) is 10.4. The highest BCUT2D eigenvalue weighted by Gasteiger charge is 2.29. The van der Waals surface area contributed by atoms with Gasteiger partial charge in [-0.25, -0.2) is 4.39 Å². The second-order valence-electron chi connectivity index (χ2n) is 9.38. The van der Waals surface area contributed by atoms with E-state index in [1.54, 1.807) is 23.9 Å². The maximum Gasteiger partial charge on any atom is 0.230 e. The lowest BCUT2D eigenvalue weighted by Crippen LogP contribution is -2.29. The Bertz CT molecular complexity index is 1000. The van der Waals surface area contributed by atoms with Gasteiger partial charge in [0, 0.05) is 31.5 Å². The first kappa shape index (κ1) is 25.6. The molecule has 1 saturated heterocycles. The zero-order valence-corrected chi connectivity index (χ0v) is 21.6. The third-order valence-electron chi connectivity index (χ3n) is 6.71. The van der Waals surface area contributed by atoms with Crippen molar-refractivity contribution in [2.75, 3.05) is 38.2 Å². The molecule has 4 rings (SSSR count). The third kappa shape index (κ3) is 7.24. The first-order chi connectivity index (χ1) is 17.0. The van der Waals surface area contributed by atoms with Gasteiger partial charge in [0.05, 0.1) is 11.4 Å². The number of amides is 1. The van der Waals surface area contributed by atoms with Gasteiger partial charge in [-0.1, -0.05) is 42.8 Å². The molecule has 1 amide bonds. The first-order valence-electron chi connectivity index (χ1n) is 12.5. The quantitative estimate of drug-likeness (QED) is 0.495. The standard InChI is InChI=1S/C28H36FN3O2S/c1-21-26(19-35-20-27(33)30-15-14-22-8-12-25(29)13-9-22)31(2)28(34-21)24-10-6-23(7-11-24)18-32-16-4-3-5-17-32/h6-13,28H,3-5,14-20H2,1-2H3,(H,30,33). The predicted octanol–water partition coefficient (Wildman–Crippen LogP) is 5.10. The fourth-order valence-corrected chi connectivity index (χ4v) is 5.64. The number of ether oxygens (including phenoxy) is 1. The summed E-state index contributed by atoms with van der Waals surface area (Å²) >= 11 is 1.59. The van der Waals surface area contributed by atoms with Crippen LogP contribution in [0.15, 0.2) is 60.0 Å². The van der Waals surface area contributed by atoms with Gasteiger partial charge >= 0.3 is 0 Å². The van der Waals surface area contributed by atoms with Crippen LogP contribution in [-0.2, 0) is 22.5 Å². The van der Waals surface area contributed by atoms with Gasteiger partial charge < -0.3 is 15.0 Å². The summed E-state index contributed by atoms with van der Waals surface area (Å²) in [4.78, 5) is 16.9. The van der Waals surface area contributed by atoms with Gasteiger partial charge in [-0.2, -0.15) is 0 Å². The van der Waals surface area contributed by atoms with Crippen molar-refractivity contribution in [2.24, 2.45) is 0 Å². The predicted molar refractivity (Wildman–Crippen MR) is 140 cm³/mol. The Hall–Kier alpha value is -2.51. The fraction of sp³-hybridized carbons (Fsp3) is 0.464. The summed E-state index contributed by atoms with van der Waals surface area (Å²) in [6.07, 6.45) is 4.54. The van der Waals surface area contributed by atoms with Crippen LogP contribution in [0.3, 0.4) is 0 Å². The van der Waals surface area contributed by atoms with E-state index in [4.69, 9.17) is 4.74 Å². The van der Waals surface area contributed by atoms with Gasteiger partial charge in [-0.05, 0) is 62.5 Å². The molecule has 2 aliphatic rings. The average Bonchev–Trinajstić information content (AvgIpc) is 3.15. The van der Waals surface area contributed by atoms with E-state index in [0.29, 0.717) is 18.7 Å². The van der Waals surface area contributed by atoms with Gasteiger partial charge in [0.15, 0.2) is 6.23 Å².